The molecule has 0 radical (unpaired) electrons. The molecule has 0 aromatic carbocycles. The van der Waals surface area contributed by atoms with Crippen LogP contribution in [0.5, 0.6) is 0 Å². The van der Waals surface area contributed by atoms with Crippen molar-refractivity contribution in [2.75, 3.05) is 0 Å². The summed E-state index contributed by atoms with van der Waals surface area (Å²) in [5, 5.41) is 10.3. The zero-order valence-electron chi connectivity index (χ0n) is 44.5. The van der Waals surface area contributed by atoms with Crippen molar-refractivity contribution >= 4 is 5.78 Å². The molecule has 2 unspecified atom stereocenters. The Morgan fingerprint density at radius 2 is 0.641 bits per heavy atom. The van der Waals surface area contributed by atoms with Crippen molar-refractivity contribution in [3.05, 3.63) is 0 Å². The normalized spacial score (nSPS) is 26.6. The summed E-state index contributed by atoms with van der Waals surface area (Å²) in [5.41, 5.74) is -0.276. The van der Waals surface area contributed by atoms with Gasteiger partial charge in [0.25, 0.3) is 0 Å². The van der Waals surface area contributed by atoms with Crippen LogP contribution in [0.15, 0.2) is 0 Å². The van der Waals surface area contributed by atoms with Crippen LogP contribution < -0.4 is 0 Å². The van der Waals surface area contributed by atoms with E-state index in [1.807, 2.05) is 13.8 Å². The molecule has 2 nitrogen and oxygen atoms in total. The van der Waals surface area contributed by atoms with Gasteiger partial charge in [-0.25, -0.2) is 0 Å². The quantitative estimate of drug-likeness (QED) is 0.305. The Balaban J connectivity index is 1.62. The predicted molar refractivity (Wildman–Crippen MR) is 286 cm³/mol. The predicted octanol–water partition coefficient (Wildman–Crippen LogP) is 21.8. The number of hydrogen-bond acceptors (Lipinski definition) is 2. The number of carbonyl (C=O) groups excluding carboxylic acids is 1. The van der Waals surface area contributed by atoms with Crippen molar-refractivity contribution in [2.24, 2.45) is 11.3 Å². The molecule has 0 amide bonds. The summed E-state index contributed by atoms with van der Waals surface area (Å²) < 4.78 is 0. The summed E-state index contributed by atoms with van der Waals surface area (Å²) in [7, 11) is 0. The maximum absolute atomic E-state index is 13.5. The van der Waals surface area contributed by atoms with E-state index >= 15 is 0 Å². The fraction of sp³-hybridized carbons (Fsp3) is 0.984. The summed E-state index contributed by atoms with van der Waals surface area (Å²) in [5.74, 6) is 1.33. The third kappa shape index (κ3) is 39.6. The van der Waals surface area contributed by atoms with Crippen LogP contribution in [-0.2, 0) is 4.79 Å². The maximum Gasteiger partial charge on any atom is 0.133 e. The molecule has 2 saturated carbocycles. The van der Waals surface area contributed by atoms with E-state index in [2.05, 4.69) is 0 Å². The second-order valence-electron chi connectivity index (χ2n) is 23.6. The smallest absolute Gasteiger partial charge is 0.133 e. The zero-order valence-corrected chi connectivity index (χ0v) is 44.5. The number of Topliss-reactive ketones (excluding diaryl/α,β-unsaturated/α-hetero) is 1. The lowest BCUT2D eigenvalue weighted by Gasteiger charge is -2.29. The van der Waals surface area contributed by atoms with E-state index in [1.54, 1.807) is 0 Å². The van der Waals surface area contributed by atoms with Crippen molar-refractivity contribution in [1.82, 2.24) is 0 Å². The van der Waals surface area contributed by atoms with Crippen LogP contribution in [0, 0.1) is 11.3 Å². The van der Waals surface area contributed by atoms with Crippen molar-refractivity contribution in [1.29, 1.82) is 0 Å². The minimum Gasteiger partial charge on any atom is -0.390 e. The highest BCUT2D eigenvalue weighted by Gasteiger charge is 2.39. The van der Waals surface area contributed by atoms with Gasteiger partial charge in [0.05, 0.1) is 5.60 Å². The lowest BCUT2D eigenvalue weighted by molar-refractivity contribution is -0.121. The first-order valence-electron chi connectivity index (χ1n) is 30.6. The average Bonchev–Trinajstić information content (AvgIpc) is 3.66. The zero-order chi connectivity index (χ0) is 45.8. The molecular weight excluding hydrogens is 777 g/mol. The minimum atomic E-state index is -0.552. The summed E-state index contributed by atoms with van der Waals surface area (Å²) in [6.45, 7) is 3.91. The van der Waals surface area contributed by atoms with Gasteiger partial charge in [-0.05, 0) is 63.7 Å². The molecule has 1 N–H and O–H groups in total. The third-order valence-corrected chi connectivity index (χ3v) is 16.4. The number of rotatable bonds is 4. The molecule has 1 spiro atoms. The topological polar surface area (TPSA) is 37.3 Å². The Kier molecular flexibility index (Phi) is 41.0. The molecular formula is C62H120O2. The van der Waals surface area contributed by atoms with Gasteiger partial charge in [-0.1, -0.05) is 308 Å². The summed E-state index contributed by atoms with van der Waals surface area (Å²) in [4.78, 5) is 13.5. The van der Waals surface area contributed by atoms with E-state index in [0.29, 0.717) is 5.78 Å². The molecule has 2 fully saturated rings. The van der Waals surface area contributed by atoms with E-state index in [1.165, 1.54) is 327 Å². The van der Waals surface area contributed by atoms with E-state index in [4.69, 9.17) is 0 Å². The van der Waals surface area contributed by atoms with Crippen LogP contribution in [0.1, 0.15) is 373 Å². The van der Waals surface area contributed by atoms with Gasteiger partial charge in [-0.2, -0.15) is 0 Å². The molecule has 2 atom stereocenters. The molecule has 0 heterocycles. The number of carbonyl (C=O) groups is 1. The molecule has 2 heteroatoms. The number of ketones is 1. The first-order valence-corrected chi connectivity index (χ1v) is 30.6. The third-order valence-electron chi connectivity index (χ3n) is 16.4. The molecule has 2 rings (SSSR count). The summed E-state index contributed by atoms with van der Waals surface area (Å²) in [6.07, 6.45) is 77.8. The van der Waals surface area contributed by atoms with Gasteiger partial charge in [-0.3, -0.25) is 4.79 Å². The van der Waals surface area contributed by atoms with Crippen molar-refractivity contribution in [3.63, 3.8) is 0 Å². The lowest BCUT2D eigenvalue weighted by Crippen LogP contribution is -2.22. The maximum atomic E-state index is 13.5. The molecule has 0 saturated heterocycles. The Morgan fingerprint density at radius 3 is 0.906 bits per heavy atom. The van der Waals surface area contributed by atoms with Crippen LogP contribution in [0.2, 0.25) is 0 Å². The van der Waals surface area contributed by atoms with Gasteiger partial charge in [-0.15, -0.1) is 0 Å². The molecule has 380 valence electrons. The largest absolute Gasteiger partial charge is 0.390 e. The van der Waals surface area contributed by atoms with Gasteiger partial charge < -0.3 is 5.11 Å². The van der Waals surface area contributed by atoms with E-state index in [9.17, 15) is 9.90 Å². The Labute approximate surface area is 404 Å². The molecule has 2 aliphatic rings. The fourth-order valence-corrected chi connectivity index (χ4v) is 12.2. The van der Waals surface area contributed by atoms with Gasteiger partial charge in [0.2, 0.25) is 0 Å². The minimum absolute atomic E-state index is 0.276. The van der Waals surface area contributed by atoms with Gasteiger partial charge in [0.1, 0.15) is 5.78 Å². The van der Waals surface area contributed by atoms with Crippen molar-refractivity contribution in [2.45, 2.75) is 379 Å². The molecule has 0 aromatic heterocycles. The number of aliphatic hydroxyl groups is 1. The second kappa shape index (κ2) is 43.9. The molecule has 0 bridgehead atoms. The molecule has 2 aliphatic carbocycles. The standard InChI is InChI=1S/C62H120O2/c1-61(2,64)54-50-51-59-53-56-62(57-59)55-49-47-45-43-41-39-37-35-33-31-29-27-25-23-21-19-17-15-13-11-9-7-5-3-4-6-8-10-12-14-16-18-20-22-24-26-28-30-32-34-36-38-40-42-44-46-48-52-60(63)58-62/h59,64H,3-58H2,1-2H3. The van der Waals surface area contributed by atoms with Gasteiger partial charge >= 0.3 is 0 Å². The summed E-state index contributed by atoms with van der Waals surface area (Å²) in [6, 6.07) is 0. The van der Waals surface area contributed by atoms with Crippen LogP contribution >= 0.6 is 0 Å². The fourth-order valence-electron chi connectivity index (χ4n) is 12.2. The highest BCUT2D eigenvalue weighted by atomic mass is 16.3. The van der Waals surface area contributed by atoms with E-state index < -0.39 is 5.60 Å². The molecule has 0 aromatic rings. The van der Waals surface area contributed by atoms with E-state index in [-0.39, 0.29) is 5.41 Å². The second-order valence-corrected chi connectivity index (χ2v) is 23.6. The first kappa shape index (κ1) is 59.8. The van der Waals surface area contributed by atoms with E-state index in [0.717, 1.165) is 38.0 Å². The van der Waals surface area contributed by atoms with Crippen LogP contribution in [0.4, 0.5) is 0 Å². The van der Waals surface area contributed by atoms with Crippen LogP contribution in [0.25, 0.3) is 0 Å². The van der Waals surface area contributed by atoms with Crippen molar-refractivity contribution < 1.29 is 9.90 Å². The van der Waals surface area contributed by atoms with Gasteiger partial charge in [0.15, 0.2) is 0 Å². The van der Waals surface area contributed by atoms with Crippen LogP contribution in [0.3, 0.4) is 0 Å². The highest BCUT2D eigenvalue weighted by molar-refractivity contribution is 5.79. The average molecular weight is 898 g/mol. The Hall–Kier alpha value is -0.370. The van der Waals surface area contributed by atoms with Gasteiger partial charge in [0, 0.05) is 12.8 Å². The summed E-state index contributed by atoms with van der Waals surface area (Å²) >= 11 is 0. The Bertz CT molecular complexity index is 964. The highest BCUT2D eigenvalue weighted by Crippen LogP contribution is 2.50. The SMILES string of the molecule is CC(C)(O)CCCC1CCC2(CCCCCCCCCCCCCCCCCCCCCCCCCCCCCCCCCCCCCCCCCCCCCCCCCC(=O)C2)C1. The van der Waals surface area contributed by atoms with Crippen LogP contribution in [-0.4, -0.2) is 16.5 Å². The monoisotopic (exact) mass is 897 g/mol. The van der Waals surface area contributed by atoms with Crippen molar-refractivity contribution in [3.8, 4) is 0 Å². The Morgan fingerprint density at radius 1 is 0.391 bits per heavy atom. The first-order chi connectivity index (χ1) is 31.4. The number of hydrogen-bond donors (Lipinski definition) is 1. The molecule has 64 heavy (non-hydrogen) atoms. The molecule has 0 aliphatic heterocycles. The lowest BCUT2D eigenvalue weighted by atomic mass is 9.75.